The van der Waals surface area contributed by atoms with Crippen LogP contribution >= 0.6 is 0 Å². The van der Waals surface area contributed by atoms with Crippen molar-refractivity contribution in [3.05, 3.63) is 95.6 Å². The Morgan fingerprint density at radius 2 is 1.74 bits per heavy atom. The quantitative estimate of drug-likeness (QED) is 0.456. The number of methoxy groups -OCH3 is 1. The molecule has 0 amide bonds. The standard InChI is InChI=1S/C23H20O4/c1-25-18-11-7-10-17(14-18)22-23(27-22)21(24)19-12-5-6-13-20(19)26-15-16-8-3-2-4-9-16/h2-14,22-23H,15H2,1H3/t22-,23+/m0/s1. The van der Waals surface area contributed by atoms with Gasteiger partial charge in [0.15, 0.2) is 11.9 Å². The van der Waals surface area contributed by atoms with Gasteiger partial charge in [0.05, 0.1) is 12.7 Å². The Balaban J connectivity index is 1.48. The van der Waals surface area contributed by atoms with E-state index in [2.05, 4.69) is 0 Å². The Bertz CT molecular complexity index is 936. The maximum Gasteiger partial charge on any atom is 0.198 e. The van der Waals surface area contributed by atoms with Crippen molar-refractivity contribution in [3.63, 3.8) is 0 Å². The molecule has 1 aliphatic heterocycles. The van der Waals surface area contributed by atoms with Gasteiger partial charge in [0.1, 0.15) is 24.2 Å². The smallest absolute Gasteiger partial charge is 0.198 e. The van der Waals surface area contributed by atoms with Gasteiger partial charge in [0, 0.05) is 0 Å². The lowest BCUT2D eigenvalue weighted by Crippen LogP contribution is -2.10. The van der Waals surface area contributed by atoms with E-state index in [0.29, 0.717) is 17.9 Å². The predicted octanol–water partition coefficient (Wildman–Crippen LogP) is 4.60. The molecule has 1 saturated heterocycles. The number of para-hydroxylation sites is 1. The highest BCUT2D eigenvalue weighted by Crippen LogP contribution is 2.42. The SMILES string of the molecule is COc1cccc([C@@H]2O[C@@H]2C(=O)c2ccccc2OCc2ccccc2)c1. The summed E-state index contributed by atoms with van der Waals surface area (Å²) in [5.41, 5.74) is 2.54. The van der Waals surface area contributed by atoms with Crippen LogP contribution in [-0.4, -0.2) is 19.0 Å². The molecule has 0 unspecified atom stereocenters. The number of carbonyl (C=O) groups is 1. The van der Waals surface area contributed by atoms with Gasteiger partial charge in [-0.05, 0) is 35.4 Å². The zero-order valence-electron chi connectivity index (χ0n) is 15.0. The molecule has 0 saturated carbocycles. The Labute approximate surface area is 158 Å². The minimum atomic E-state index is -0.487. The average Bonchev–Trinajstić information content (AvgIpc) is 3.54. The Morgan fingerprint density at radius 1 is 0.963 bits per heavy atom. The minimum absolute atomic E-state index is 0.0634. The molecule has 1 heterocycles. The van der Waals surface area contributed by atoms with Crippen LogP contribution < -0.4 is 9.47 Å². The lowest BCUT2D eigenvalue weighted by atomic mass is 10.0. The molecular formula is C23H20O4. The minimum Gasteiger partial charge on any atom is -0.497 e. The summed E-state index contributed by atoms with van der Waals surface area (Å²) in [5.74, 6) is 1.26. The second-order valence-electron chi connectivity index (χ2n) is 6.39. The van der Waals surface area contributed by atoms with Crippen LogP contribution in [0.1, 0.15) is 27.6 Å². The number of hydrogen-bond donors (Lipinski definition) is 0. The van der Waals surface area contributed by atoms with Crippen molar-refractivity contribution in [1.82, 2.24) is 0 Å². The van der Waals surface area contributed by atoms with Crippen LogP contribution in [0.4, 0.5) is 0 Å². The average molecular weight is 360 g/mol. The monoisotopic (exact) mass is 360 g/mol. The summed E-state index contributed by atoms with van der Waals surface area (Å²) in [5, 5.41) is 0. The predicted molar refractivity (Wildman–Crippen MR) is 102 cm³/mol. The first-order chi connectivity index (χ1) is 13.3. The summed E-state index contributed by atoms with van der Waals surface area (Å²) in [4.78, 5) is 12.9. The molecule has 0 radical (unpaired) electrons. The maximum atomic E-state index is 12.9. The van der Waals surface area contributed by atoms with E-state index < -0.39 is 6.10 Å². The molecule has 2 atom stereocenters. The summed E-state index contributed by atoms with van der Waals surface area (Å²) in [7, 11) is 1.62. The van der Waals surface area contributed by atoms with E-state index in [0.717, 1.165) is 16.9 Å². The van der Waals surface area contributed by atoms with Crippen molar-refractivity contribution in [1.29, 1.82) is 0 Å². The molecule has 4 heteroatoms. The first-order valence-electron chi connectivity index (χ1n) is 8.85. The van der Waals surface area contributed by atoms with Gasteiger partial charge in [0.25, 0.3) is 0 Å². The Morgan fingerprint density at radius 3 is 2.56 bits per heavy atom. The number of rotatable bonds is 7. The first kappa shape index (κ1) is 17.3. The molecule has 1 aliphatic rings. The van der Waals surface area contributed by atoms with Gasteiger partial charge >= 0.3 is 0 Å². The number of ether oxygens (including phenoxy) is 3. The third-order valence-electron chi connectivity index (χ3n) is 4.56. The lowest BCUT2D eigenvalue weighted by Gasteiger charge is -2.10. The highest BCUT2D eigenvalue weighted by Gasteiger charge is 2.47. The van der Waals surface area contributed by atoms with E-state index in [1.165, 1.54) is 0 Å². The highest BCUT2D eigenvalue weighted by molar-refractivity contribution is 6.03. The maximum absolute atomic E-state index is 12.9. The van der Waals surface area contributed by atoms with Crippen LogP contribution in [0.5, 0.6) is 11.5 Å². The van der Waals surface area contributed by atoms with Crippen LogP contribution in [0.2, 0.25) is 0 Å². The van der Waals surface area contributed by atoms with E-state index in [9.17, 15) is 4.79 Å². The number of ketones is 1. The summed E-state index contributed by atoms with van der Waals surface area (Å²) >= 11 is 0. The molecule has 1 fully saturated rings. The van der Waals surface area contributed by atoms with E-state index in [4.69, 9.17) is 14.2 Å². The zero-order chi connectivity index (χ0) is 18.6. The molecule has 0 bridgehead atoms. The van der Waals surface area contributed by atoms with Gasteiger partial charge in [-0.3, -0.25) is 4.79 Å². The number of hydrogen-bond acceptors (Lipinski definition) is 4. The van der Waals surface area contributed by atoms with Crippen LogP contribution in [-0.2, 0) is 11.3 Å². The van der Waals surface area contributed by atoms with Gasteiger partial charge in [-0.25, -0.2) is 0 Å². The third-order valence-corrected chi connectivity index (χ3v) is 4.56. The van der Waals surface area contributed by atoms with Crippen molar-refractivity contribution in [3.8, 4) is 11.5 Å². The summed E-state index contributed by atoms with van der Waals surface area (Å²) < 4.78 is 16.8. The molecule has 4 rings (SSSR count). The van der Waals surface area contributed by atoms with Crippen LogP contribution in [0, 0.1) is 0 Å². The number of benzene rings is 3. The number of carbonyl (C=O) groups excluding carboxylic acids is 1. The molecule has 0 aromatic heterocycles. The number of epoxide rings is 1. The fourth-order valence-electron chi connectivity index (χ4n) is 3.07. The second kappa shape index (κ2) is 7.64. The molecule has 0 N–H and O–H groups in total. The molecule has 27 heavy (non-hydrogen) atoms. The van der Waals surface area contributed by atoms with Crippen molar-refractivity contribution < 1.29 is 19.0 Å². The number of Topliss-reactive ketones (excluding diaryl/α,β-unsaturated/α-hetero) is 1. The molecule has 3 aromatic rings. The van der Waals surface area contributed by atoms with E-state index in [1.54, 1.807) is 13.2 Å². The van der Waals surface area contributed by atoms with Crippen LogP contribution in [0.25, 0.3) is 0 Å². The fraction of sp³-hybridized carbons (Fsp3) is 0.174. The first-order valence-corrected chi connectivity index (χ1v) is 8.85. The van der Waals surface area contributed by atoms with Gasteiger partial charge in [0.2, 0.25) is 0 Å². The fourth-order valence-corrected chi connectivity index (χ4v) is 3.07. The molecule has 0 spiro atoms. The molecule has 0 aliphatic carbocycles. The van der Waals surface area contributed by atoms with Crippen LogP contribution in [0.3, 0.4) is 0 Å². The zero-order valence-corrected chi connectivity index (χ0v) is 15.0. The summed E-state index contributed by atoms with van der Waals surface area (Å²) in [6.07, 6.45) is -0.728. The molecule has 4 nitrogen and oxygen atoms in total. The van der Waals surface area contributed by atoms with E-state index in [1.807, 2.05) is 72.8 Å². The summed E-state index contributed by atoms with van der Waals surface area (Å²) in [6.45, 7) is 0.413. The van der Waals surface area contributed by atoms with Gasteiger partial charge in [-0.15, -0.1) is 0 Å². The van der Waals surface area contributed by atoms with Crippen molar-refractivity contribution in [2.45, 2.75) is 18.8 Å². The Kier molecular flexibility index (Phi) is 4.90. The van der Waals surface area contributed by atoms with Crippen molar-refractivity contribution in [2.75, 3.05) is 7.11 Å². The Hall–Kier alpha value is -3.11. The largest absolute Gasteiger partial charge is 0.497 e. The van der Waals surface area contributed by atoms with Gasteiger partial charge < -0.3 is 14.2 Å². The lowest BCUT2D eigenvalue weighted by molar-refractivity contribution is 0.0949. The second-order valence-corrected chi connectivity index (χ2v) is 6.39. The van der Waals surface area contributed by atoms with Crippen molar-refractivity contribution >= 4 is 5.78 Å². The van der Waals surface area contributed by atoms with E-state index in [-0.39, 0.29) is 11.9 Å². The van der Waals surface area contributed by atoms with Crippen molar-refractivity contribution in [2.24, 2.45) is 0 Å². The summed E-state index contributed by atoms with van der Waals surface area (Å²) in [6, 6.07) is 24.8. The molecule has 3 aromatic carbocycles. The third kappa shape index (κ3) is 3.86. The van der Waals surface area contributed by atoms with Crippen LogP contribution in [0.15, 0.2) is 78.9 Å². The van der Waals surface area contributed by atoms with Gasteiger partial charge in [-0.1, -0.05) is 54.6 Å². The normalized spacial score (nSPS) is 18.0. The topological polar surface area (TPSA) is 48.1 Å². The highest BCUT2D eigenvalue weighted by atomic mass is 16.6. The molecule has 136 valence electrons. The van der Waals surface area contributed by atoms with Gasteiger partial charge in [-0.2, -0.15) is 0 Å². The molecular weight excluding hydrogens is 340 g/mol. The van der Waals surface area contributed by atoms with E-state index >= 15 is 0 Å².